The number of nitrogens with zero attached hydrogens (tertiary/aromatic N) is 4. The second-order valence-electron chi connectivity index (χ2n) is 6.45. The second kappa shape index (κ2) is 7.13. The first-order valence-corrected chi connectivity index (χ1v) is 8.86. The molecule has 0 fully saturated rings. The summed E-state index contributed by atoms with van der Waals surface area (Å²) in [5.74, 6) is -0.0121. The fourth-order valence-corrected chi connectivity index (χ4v) is 3.41. The van der Waals surface area contributed by atoms with E-state index in [-0.39, 0.29) is 5.56 Å². The lowest BCUT2D eigenvalue weighted by atomic mass is 10.1. The second-order valence-corrected chi connectivity index (χ2v) is 6.45. The summed E-state index contributed by atoms with van der Waals surface area (Å²) < 4.78 is 42.8. The van der Waals surface area contributed by atoms with E-state index in [1.165, 1.54) is 4.68 Å². The van der Waals surface area contributed by atoms with Crippen LogP contribution in [0.1, 0.15) is 56.1 Å². The summed E-state index contributed by atoms with van der Waals surface area (Å²) in [7, 11) is 0. The molecule has 1 N–H and O–H groups in total. The van der Waals surface area contributed by atoms with Gasteiger partial charge in [0.05, 0.1) is 0 Å². The van der Waals surface area contributed by atoms with Gasteiger partial charge in [-0.1, -0.05) is 13.8 Å². The Morgan fingerprint density at radius 3 is 2.73 bits per heavy atom. The molecular formula is C17H22F3N5O. The predicted octanol–water partition coefficient (Wildman–Crippen LogP) is 3.59. The van der Waals surface area contributed by atoms with Crippen molar-refractivity contribution in [2.24, 2.45) is 0 Å². The molecule has 0 spiro atoms. The maximum Gasteiger partial charge on any atom is 0.435 e. The van der Waals surface area contributed by atoms with Gasteiger partial charge in [-0.2, -0.15) is 23.4 Å². The van der Waals surface area contributed by atoms with Gasteiger partial charge in [-0.15, -0.1) is 0 Å². The van der Waals surface area contributed by atoms with Gasteiger partial charge in [-0.05, 0) is 32.1 Å². The van der Waals surface area contributed by atoms with Crippen LogP contribution in [0.15, 0.2) is 12.3 Å². The van der Waals surface area contributed by atoms with Gasteiger partial charge in [0.1, 0.15) is 6.04 Å². The molecule has 2 aromatic heterocycles. The molecule has 0 saturated carbocycles. The Balaban J connectivity index is 1.85. The Hall–Kier alpha value is -2.32. The van der Waals surface area contributed by atoms with Gasteiger partial charge in [-0.3, -0.25) is 14.2 Å². The van der Waals surface area contributed by atoms with Crippen LogP contribution in [0.4, 0.5) is 19.0 Å². The average molecular weight is 369 g/mol. The van der Waals surface area contributed by atoms with Gasteiger partial charge < -0.3 is 5.32 Å². The number of nitrogens with one attached hydrogen (secondary N) is 1. The molecule has 0 aliphatic heterocycles. The van der Waals surface area contributed by atoms with Crippen molar-refractivity contribution in [3.05, 3.63) is 29.2 Å². The van der Waals surface area contributed by atoms with E-state index >= 15 is 0 Å². The summed E-state index contributed by atoms with van der Waals surface area (Å²) in [4.78, 5) is 12.7. The zero-order valence-electron chi connectivity index (χ0n) is 14.8. The van der Waals surface area contributed by atoms with E-state index in [2.05, 4.69) is 15.5 Å². The van der Waals surface area contributed by atoms with E-state index < -0.39 is 23.8 Å². The standard InChI is InChI=1S/C17H22F3N5O/c1-3-9-24-10-8-14(22-24)21-16(26)12(4-2)25-13-7-5-6-11(13)15(23-25)17(18,19)20/h8,10,12H,3-7,9H2,1-2H3,(H,21,22,26)/t12-/m1/s1. The summed E-state index contributed by atoms with van der Waals surface area (Å²) in [5.41, 5.74) is -0.102. The van der Waals surface area contributed by atoms with Crippen LogP contribution >= 0.6 is 0 Å². The number of hydrogen-bond acceptors (Lipinski definition) is 3. The van der Waals surface area contributed by atoms with Gasteiger partial charge in [0.15, 0.2) is 11.5 Å². The summed E-state index contributed by atoms with van der Waals surface area (Å²) >= 11 is 0. The highest BCUT2D eigenvalue weighted by Crippen LogP contribution is 2.37. The molecule has 3 rings (SSSR count). The quantitative estimate of drug-likeness (QED) is 0.846. The molecule has 1 amide bonds. The largest absolute Gasteiger partial charge is 0.435 e. The minimum absolute atomic E-state index is 0.232. The number of aromatic nitrogens is 4. The van der Waals surface area contributed by atoms with Crippen LogP contribution in [0.5, 0.6) is 0 Å². The lowest BCUT2D eigenvalue weighted by molar-refractivity contribution is -0.142. The first-order chi connectivity index (χ1) is 12.3. The number of rotatable bonds is 6. The highest BCUT2D eigenvalue weighted by Gasteiger charge is 2.41. The number of alkyl halides is 3. The zero-order valence-corrected chi connectivity index (χ0v) is 14.8. The van der Waals surface area contributed by atoms with Crippen molar-refractivity contribution in [1.29, 1.82) is 0 Å². The molecule has 26 heavy (non-hydrogen) atoms. The maximum absolute atomic E-state index is 13.3. The Kier molecular flexibility index (Phi) is 5.06. The number of hydrogen-bond donors (Lipinski definition) is 1. The summed E-state index contributed by atoms with van der Waals surface area (Å²) in [6.07, 6.45) is 0.00668. The minimum Gasteiger partial charge on any atom is -0.307 e. The lowest BCUT2D eigenvalue weighted by Gasteiger charge is -2.17. The zero-order chi connectivity index (χ0) is 18.9. The Labute approximate surface area is 149 Å². The van der Waals surface area contributed by atoms with Crippen LogP contribution in [-0.4, -0.2) is 25.5 Å². The molecule has 2 aromatic rings. The highest BCUT2D eigenvalue weighted by molar-refractivity contribution is 5.92. The average Bonchev–Trinajstić information content (AvgIpc) is 3.25. The number of aryl methyl sites for hydroxylation is 1. The predicted molar refractivity (Wildman–Crippen MR) is 89.7 cm³/mol. The number of anilines is 1. The molecule has 2 heterocycles. The molecule has 9 heteroatoms. The first-order valence-electron chi connectivity index (χ1n) is 8.86. The number of carbonyl (C=O) groups is 1. The molecule has 0 saturated heterocycles. The summed E-state index contributed by atoms with van der Waals surface area (Å²) in [6.45, 7) is 4.51. The maximum atomic E-state index is 13.3. The third kappa shape index (κ3) is 3.47. The number of halogens is 3. The Bertz CT molecular complexity index is 793. The van der Waals surface area contributed by atoms with Crippen molar-refractivity contribution >= 4 is 11.7 Å². The number of carbonyl (C=O) groups excluding carboxylic acids is 1. The number of amides is 1. The van der Waals surface area contributed by atoms with E-state index in [4.69, 9.17) is 0 Å². The van der Waals surface area contributed by atoms with Gasteiger partial charge in [0.2, 0.25) is 5.91 Å². The number of fused-ring (bicyclic) bond motifs is 1. The molecular weight excluding hydrogens is 347 g/mol. The van der Waals surface area contributed by atoms with Crippen LogP contribution < -0.4 is 5.32 Å². The fraction of sp³-hybridized carbons (Fsp3) is 0.588. The lowest BCUT2D eigenvalue weighted by Crippen LogP contribution is -2.28. The molecule has 0 bridgehead atoms. The van der Waals surface area contributed by atoms with Crippen molar-refractivity contribution < 1.29 is 18.0 Å². The van der Waals surface area contributed by atoms with Crippen molar-refractivity contribution in [3.8, 4) is 0 Å². The molecule has 1 aliphatic rings. The minimum atomic E-state index is -4.51. The SMILES string of the molecule is CCCn1ccc(NC(=O)[C@@H](CC)n2nc(C(F)(F)F)c3c2CCC3)n1. The van der Waals surface area contributed by atoms with Crippen LogP contribution in [0.25, 0.3) is 0 Å². The molecule has 1 aliphatic carbocycles. The molecule has 0 radical (unpaired) electrons. The van der Waals surface area contributed by atoms with Crippen molar-refractivity contribution in [2.75, 3.05) is 5.32 Å². The van der Waals surface area contributed by atoms with E-state index in [0.29, 0.717) is 37.2 Å². The van der Waals surface area contributed by atoms with Crippen molar-refractivity contribution in [2.45, 2.75) is 64.7 Å². The van der Waals surface area contributed by atoms with Crippen LogP contribution in [-0.2, 0) is 30.4 Å². The van der Waals surface area contributed by atoms with E-state index in [0.717, 1.165) is 13.0 Å². The van der Waals surface area contributed by atoms with Gasteiger partial charge in [-0.25, -0.2) is 0 Å². The molecule has 1 atom stereocenters. The van der Waals surface area contributed by atoms with E-state index in [1.54, 1.807) is 23.9 Å². The van der Waals surface area contributed by atoms with Crippen LogP contribution in [0.2, 0.25) is 0 Å². The topological polar surface area (TPSA) is 64.7 Å². The molecule has 0 unspecified atom stereocenters. The van der Waals surface area contributed by atoms with Gasteiger partial charge in [0.25, 0.3) is 0 Å². The first kappa shape index (κ1) is 18.5. The van der Waals surface area contributed by atoms with Crippen LogP contribution in [0, 0.1) is 0 Å². The molecule has 6 nitrogen and oxygen atoms in total. The van der Waals surface area contributed by atoms with Crippen molar-refractivity contribution in [3.63, 3.8) is 0 Å². The monoisotopic (exact) mass is 369 g/mol. The molecule has 142 valence electrons. The van der Waals surface area contributed by atoms with Gasteiger partial charge >= 0.3 is 6.18 Å². The molecule has 0 aromatic carbocycles. The summed E-state index contributed by atoms with van der Waals surface area (Å²) in [5, 5.41) is 10.7. The smallest absolute Gasteiger partial charge is 0.307 e. The van der Waals surface area contributed by atoms with Crippen LogP contribution in [0.3, 0.4) is 0 Å². The fourth-order valence-electron chi connectivity index (χ4n) is 3.41. The Morgan fingerprint density at radius 1 is 1.31 bits per heavy atom. The van der Waals surface area contributed by atoms with E-state index in [1.807, 2.05) is 6.92 Å². The van der Waals surface area contributed by atoms with Crippen molar-refractivity contribution in [1.82, 2.24) is 19.6 Å². The third-order valence-corrected chi connectivity index (χ3v) is 4.56. The van der Waals surface area contributed by atoms with E-state index in [9.17, 15) is 18.0 Å². The summed E-state index contributed by atoms with van der Waals surface area (Å²) in [6, 6.07) is 0.879. The normalized spacial score (nSPS) is 15.1. The van der Waals surface area contributed by atoms with Gasteiger partial charge in [0, 0.05) is 30.1 Å². The Morgan fingerprint density at radius 2 is 2.08 bits per heavy atom. The highest BCUT2D eigenvalue weighted by atomic mass is 19.4. The third-order valence-electron chi connectivity index (χ3n) is 4.56.